The van der Waals surface area contributed by atoms with Crippen LogP contribution in [0.1, 0.15) is 18.9 Å². The number of rotatable bonds is 3. The summed E-state index contributed by atoms with van der Waals surface area (Å²) < 4.78 is 0. The summed E-state index contributed by atoms with van der Waals surface area (Å²) >= 11 is 6.04. The molecule has 0 aromatic heterocycles. The van der Waals surface area contributed by atoms with Crippen LogP contribution in [0.4, 0.5) is 11.4 Å². The van der Waals surface area contributed by atoms with Crippen molar-refractivity contribution in [1.29, 1.82) is 0 Å². The van der Waals surface area contributed by atoms with Gasteiger partial charge in [0.1, 0.15) is 0 Å². The smallest absolute Gasteiger partial charge is 0.241 e. The minimum absolute atomic E-state index is 0.0743. The second-order valence-corrected chi connectivity index (χ2v) is 4.63. The number of carbonyl (C=O) groups excluding carboxylic acids is 2. The number of hydrogen-bond donors (Lipinski definition) is 3. The Morgan fingerprint density at radius 2 is 2.33 bits per heavy atom. The molecule has 6 heteroatoms. The van der Waals surface area contributed by atoms with Crippen LogP contribution in [-0.4, -0.2) is 17.9 Å². The topological polar surface area (TPSA) is 84.2 Å². The van der Waals surface area contributed by atoms with Gasteiger partial charge in [-0.05, 0) is 24.1 Å². The lowest BCUT2D eigenvalue weighted by molar-refractivity contribution is -0.117. The van der Waals surface area contributed by atoms with E-state index in [9.17, 15) is 9.59 Å². The zero-order valence-electron chi connectivity index (χ0n) is 9.92. The van der Waals surface area contributed by atoms with Gasteiger partial charge in [0.25, 0.3) is 0 Å². The second-order valence-electron chi connectivity index (χ2n) is 4.22. The number of amides is 2. The first kappa shape index (κ1) is 12.9. The molecule has 1 aromatic carbocycles. The molecule has 1 unspecified atom stereocenters. The van der Waals surface area contributed by atoms with Gasteiger partial charge in [-0.25, -0.2) is 0 Å². The Balaban J connectivity index is 2.22. The Morgan fingerprint density at radius 3 is 3.00 bits per heavy atom. The average Bonchev–Trinajstić information content (AvgIpc) is 2.67. The Kier molecular flexibility index (Phi) is 3.54. The summed E-state index contributed by atoms with van der Waals surface area (Å²) in [6, 6.07) is 2.78. The molecular weight excluding hydrogens is 254 g/mol. The van der Waals surface area contributed by atoms with E-state index in [-0.39, 0.29) is 11.8 Å². The number of anilines is 2. The monoisotopic (exact) mass is 267 g/mol. The predicted molar refractivity (Wildman–Crippen MR) is 70.7 cm³/mol. The predicted octanol–water partition coefficient (Wildman–Crippen LogP) is 1.51. The minimum atomic E-state index is -0.561. The van der Waals surface area contributed by atoms with Crippen LogP contribution in [0.3, 0.4) is 0 Å². The number of benzene rings is 1. The molecule has 1 aliphatic heterocycles. The van der Waals surface area contributed by atoms with Crippen molar-refractivity contribution < 1.29 is 9.59 Å². The minimum Gasteiger partial charge on any atom is -0.325 e. The van der Waals surface area contributed by atoms with E-state index < -0.39 is 6.04 Å². The molecule has 2 amide bonds. The van der Waals surface area contributed by atoms with E-state index in [2.05, 4.69) is 10.6 Å². The van der Waals surface area contributed by atoms with Gasteiger partial charge in [0, 0.05) is 5.69 Å². The highest BCUT2D eigenvalue weighted by molar-refractivity contribution is 6.34. The van der Waals surface area contributed by atoms with E-state index in [1.165, 1.54) is 0 Å². The first-order chi connectivity index (χ1) is 8.51. The third kappa shape index (κ3) is 2.47. The molecule has 4 N–H and O–H groups in total. The first-order valence-corrected chi connectivity index (χ1v) is 6.07. The molecule has 1 aromatic rings. The molecule has 1 heterocycles. The maximum atomic E-state index is 11.7. The third-order valence-electron chi connectivity index (χ3n) is 2.85. The molecule has 0 bridgehead atoms. The van der Waals surface area contributed by atoms with Crippen LogP contribution in [-0.2, 0) is 16.0 Å². The van der Waals surface area contributed by atoms with Crippen molar-refractivity contribution >= 4 is 34.8 Å². The van der Waals surface area contributed by atoms with Gasteiger partial charge in [-0.2, -0.15) is 0 Å². The van der Waals surface area contributed by atoms with E-state index in [0.717, 1.165) is 5.56 Å². The number of halogens is 1. The SMILES string of the molecule is CCC(N)C(=O)Nc1cc2c(cc1Cl)NC(=O)C2. The highest BCUT2D eigenvalue weighted by Gasteiger charge is 2.21. The Bertz CT molecular complexity index is 516. The highest BCUT2D eigenvalue weighted by atomic mass is 35.5. The van der Waals surface area contributed by atoms with Crippen molar-refractivity contribution in [3.05, 3.63) is 22.7 Å². The van der Waals surface area contributed by atoms with Crippen LogP contribution in [0.15, 0.2) is 12.1 Å². The van der Waals surface area contributed by atoms with Crippen LogP contribution in [0.25, 0.3) is 0 Å². The van der Waals surface area contributed by atoms with Crippen molar-refractivity contribution in [3.8, 4) is 0 Å². The van der Waals surface area contributed by atoms with E-state index in [0.29, 0.717) is 29.2 Å². The maximum Gasteiger partial charge on any atom is 0.241 e. The molecule has 0 fully saturated rings. The number of nitrogens with two attached hydrogens (primary N) is 1. The third-order valence-corrected chi connectivity index (χ3v) is 3.17. The fraction of sp³-hybridized carbons (Fsp3) is 0.333. The summed E-state index contributed by atoms with van der Waals surface area (Å²) in [7, 11) is 0. The van der Waals surface area contributed by atoms with Gasteiger partial charge in [-0.15, -0.1) is 0 Å². The number of carbonyl (C=O) groups is 2. The van der Waals surface area contributed by atoms with Gasteiger partial charge in [-0.3, -0.25) is 9.59 Å². The number of fused-ring (bicyclic) bond motifs is 1. The van der Waals surface area contributed by atoms with Crippen molar-refractivity contribution in [2.75, 3.05) is 10.6 Å². The fourth-order valence-electron chi connectivity index (χ4n) is 1.75. The Morgan fingerprint density at radius 1 is 1.61 bits per heavy atom. The molecule has 18 heavy (non-hydrogen) atoms. The van der Waals surface area contributed by atoms with E-state index in [1.807, 2.05) is 6.92 Å². The van der Waals surface area contributed by atoms with Crippen LogP contribution in [0.2, 0.25) is 5.02 Å². The van der Waals surface area contributed by atoms with E-state index in [1.54, 1.807) is 12.1 Å². The van der Waals surface area contributed by atoms with Crippen LogP contribution in [0.5, 0.6) is 0 Å². The van der Waals surface area contributed by atoms with E-state index >= 15 is 0 Å². The van der Waals surface area contributed by atoms with Gasteiger partial charge >= 0.3 is 0 Å². The summed E-state index contributed by atoms with van der Waals surface area (Å²) in [5, 5.41) is 5.74. The van der Waals surface area contributed by atoms with E-state index in [4.69, 9.17) is 17.3 Å². The number of nitrogens with one attached hydrogen (secondary N) is 2. The lowest BCUT2D eigenvalue weighted by Crippen LogP contribution is -2.34. The molecule has 1 atom stereocenters. The molecule has 1 aliphatic rings. The highest BCUT2D eigenvalue weighted by Crippen LogP contribution is 2.32. The maximum absolute atomic E-state index is 11.7. The quantitative estimate of drug-likeness (QED) is 0.776. The molecule has 0 aliphatic carbocycles. The molecular formula is C12H14ClN3O2. The normalized spacial score (nSPS) is 14.9. The van der Waals surface area contributed by atoms with Crippen LogP contribution < -0.4 is 16.4 Å². The molecule has 96 valence electrons. The fourth-order valence-corrected chi connectivity index (χ4v) is 1.97. The lowest BCUT2D eigenvalue weighted by atomic mass is 10.1. The average molecular weight is 268 g/mol. The molecule has 0 spiro atoms. The van der Waals surface area contributed by atoms with Gasteiger partial charge in [-0.1, -0.05) is 18.5 Å². The van der Waals surface area contributed by atoms with Gasteiger partial charge < -0.3 is 16.4 Å². The Labute approximate surface area is 110 Å². The first-order valence-electron chi connectivity index (χ1n) is 5.70. The molecule has 0 saturated heterocycles. The van der Waals surface area contributed by atoms with Crippen LogP contribution in [0, 0.1) is 0 Å². The van der Waals surface area contributed by atoms with Crippen molar-refractivity contribution in [2.24, 2.45) is 5.73 Å². The summed E-state index contributed by atoms with van der Waals surface area (Å²) in [5.41, 5.74) is 7.64. The zero-order valence-corrected chi connectivity index (χ0v) is 10.7. The second kappa shape index (κ2) is 4.96. The largest absolute Gasteiger partial charge is 0.325 e. The Hall–Kier alpha value is -1.59. The summed E-state index contributed by atoms with van der Waals surface area (Å²) in [6.07, 6.45) is 0.851. The number of hydrogen-bond acceptors (Lipinski definition) is 3. The standard InChI is InChI=1S/C12H14ClN3O2/c1-2-8(14)12(18)16-10-3-6-4-11(17)15-9(6)5-7(10)13/h3,5,8H,2,4,14H2,1H3,(H,15,17)(H,16,18). The zero-order chi connectivity index (χ0) is 13.3. The lowest BCUT2D eigenvalue weighted by Gasteiger charge is -2.12. The molecule has 0 radical (unpaired) electrons. The summed E-state index contributed by atoms with van der Waals surface area (Å²) in [5.74, 6) is -0.355. The van der Waals surface area contributed by atoms with Gasteiger partial charge in [0.15, 0.2) is 0 Å². The van der Waals surface area contributed by atoms with Gasteiger partial charge in [0.05, 0.1) is 23.2 Å². The molecule has 5 nitrogen and oxygen atoms in total. The van der Waals surface area contributed by atoms with Crippen molar-refractivity contribution in [2.45, 2.75) is 25.8 Å². The molecule has 2 rings (SSSR count). The van der Waals surface area contributed by atoms with Crippen LogP contribution >= 0.6 is 11.6 Å². The summed E-state index contributed by atoms with van der Waals surface area (Å²) in [4.78, 5) is 22.9. The summed E-state index contributed by atoms with van der Waals surface area (Å²) in [6.45, 7) is 1.83. The van der Waals surface area contributed by atoms with Gasteiger partial charge in [0.2, 0.25) is 11.8 Å². The van der Waals surface area contributed by atoms with Crippen molar-refractivity contribution in [3.63, 3.8) is 0 Å². The molecule has 0 saturated carbocycles. The van der Waals surface area contributed by atoms with Crippen molar-refractivity contribution in [1.82, 2.24) is 0 Å².